The van der Waals surface area contributed by atoms with Crippen molar-refractivity contribution in [3.63, 3.8) is 0 Å². The Morgan fingerprint density at radius 3 is 2.83 bits per heavy atom. The minimum absolute atomic E-state index is 0.170. The molecule has 1 N–H and O–H groups in total. The maximum absolute atomic E-state index is 12.5. The molecule has 2 aromatic heterocycles. The first-order chi connectivity index (χ1) is 11.7. The van der Waals surface area contributed by atoms with E-state index in [1.807, 2.05) is 13.0 Å². The van der Waals surface area contributed by atoms with Crippen LogP contribution in [0.5, 0.6) is 0 Å². The first-order valence-electron chi connectivity index (χ1n) is 8.49. The van der Waals surface area contributed by atoms with E-state index in [1.165, 1.54) is 12.8 Å². The molecule has 0 spiro atoms. The number of aromatic nitrogens is 3. The van der Waals surface area contributed by atoms with Crippen molar-refractivity contribution in [3.8, 4) is 0 Å². The van der Waals surface area contributed by atoms with Gasteiger partial charge in [0, 0.05) is 31.3 Å². The number of carbonyl (C=O) groups excluding carboxylic acids is 1. The molecular formula is C18H23N5O. The van der Waals surface area contributed by atoms with Crippen molar-refractivity contribution in [1.29, 1.82) is 0 Å². The van der Waals surface area contributed by atoms with Crippen molar-refractivity contribution >= 4 is 17.4 Å². The molecule has 3 heterocycles. The molecule has 6 nitrogen and oxygen atoms in total. The lowest BCUT2D eigenvalue weighted by Crippen LogP contribution is -2.34. The standard InChI is InChI=1S/C18H23N5O/c1-3-16-20-10-15(11-21-16)22-18(24)14-6-7-19-17(9-14)23-8-4-5-13(2)12-23/h6-7,9-11,13H,3-5,8,12H2,1-2H3,(H,22,24). The molecule has 1 saturated heterocycles. The fourth-order valence-electron chi connectivity index (χ4n) is 2.94. The van der Waals surface area contributed by atoms with Crippen LogP contribution in [0.25, 0.3) is 0 Å². The summed E-state index contributed by atoms with van der Waals surface area (Å²) < 4.78 is 0. The summed E-state index contributed by atoms with van der Waals surface area (Å²) in [6, 6.07) is 3.59. The third kappa shape index (κ3) is 3.88. The molecule has 6 heteroatoms. The van der Waals surface area contributed by atoms with Crippen LogP contribution in [0, 0.1) is 5.92 Å². The fourth-order valence-corrected chi connectivity index (χ4v) is 2.94. The van der Waals surface area contributed by atoms with Gasteiger partial charge in [-0.1, -0.05) is 13.8 Å². The predicted molar refractivity (Wildman–Crippen MR) is 94.2 cm³/mol. The normalized spacial score (nSPS) is 17.6. The Balaban J connectivity index is 1.71. The first-order valence-corrected chi connectivity index (χ1v) is 8.49. The number of rotatable bonds is 4. The zero-order valence-corrected chi connectivity index (χ0v) is 14.2. The molecule has 0 saturated carbocycles. The van der Waals surface area contributed by atoms with Gasteiger partial charge in [-0.2, -0.15) is 0 Å². The van der Waals surface area contributed by atoms with Gasteiger partial charge >= 0.3 is 0 Å². The fraction of sp³-hybridized carbons (Fsp3) is 0.444. The Hall–Kier alpha value is -2.50. The van der Waals surface area contributed by atoms with Crippen LogP contribution >= 0.6 is 0 Å². The summed E-state index contributed by atoms with van der Waals surface area (Å²) in [7, 11) is 0. The summed E-state index contributed by atoms with van der Waals surface area (Å²) in [5.41, 5.74) is 1.19. The van der Waals surface area contributed by atoms with Crippen molar-refractivity contribution in [3.05, 3.63) is 42.1 Å². The minimum atomic E-state index is -0.170. The summed E-state index contributed by atoms with van der Waals surface area (Å²) >= 11 is 0. The smallest absolute Gasteiger partial charge is 0.255 e. The lowest BCUT2D eigenvalue weighted by Gasteiger charge is -2.31. The van der Waals surface area contributed by atoms with Crippen molar-refractivity contribution in [1.82, 2.24) is 15.0 Å². The van der Waals surface area contributed by atoms with E-state index in [4.69, 9.17) is 0 Å². The van der Waals surface area contributed by atoms with Gasteiger partial charge in [0.15, 0.2) is 0 Å². The molecule has 1 unspecified atom stereocenters. The number of hydrogen-bond donors (Lipinski definition) is 1. The lowest BCUT2D eigenvalue weighted by molar-refractivity contribution is 0.102. The van der Waals surface area contributed by atoms with Gasteiger partial charge in [0.2, 0.25) is 0 Å². The number of piperidine rings is 1. The van der Waals surface area contributed by atoms with Crippen molar-refractivity contribution < 1.29 is 4.79 Å². The molecule has 1 amide bonds. The number of nitrogens with one attached hydrogen (secondary N) is 1. The molecular weight excluding hydrogens is 302 g/mol. The second-order valence-corrected chi connectivity index (χ2v) is 6.29. The van der Waals surface area contributed by atoms with E-state index in [1.54, 1.807) is 24.7 Å². The number of hydrogen-bond acceptors (Lipinski definition) is 5. The van der Waals surface area contributed by atoms with Crippen molar-refractivity contribution in [2.45, 2.75) is 33.1 Å². The average Bonchev–Trinajstić information content (AvgIpc) is 2.62. The average molecular weight is 325 g/mol. The highest BCUT2D eigenvalue weighted by Gasteiger charge is 2.18. The van der Waals surface area contributed by atoms with E-state index in [0.29, 0.717) is 17.2 Å². The predicted octanol–water partition coefficient (Wildman–Crippen LogP) is 2.92. The number of pyridine rings is 1. The number of anilines is 2. The van der Waals surface area contributed by atoms with E-state index in [2.05, 4.69) is 32.1 Å². The van der Waals surface area contributed by atoms with Crippen LogP contribution in [0.15, 0.2) is 30.7 Å². The zero-order chi connectivity index (χ0) is 16.9. The van der Waals surface area contributed by atoms with Gasteiger partial charge in [-0.25, -0.2) is 15.0 Å². The number of nitrogens with zero attached hydrogens (tertiary/aromatic N) is 4. The van der Waals surface area contributed by atoms with Crippen LogP contribution in [0.1, 0.15) is 42.9 Å². The summed E-state index contributed by atoms with van der Waals surface area (Å²) in [6.45, 7) is 6.23. The molecule has 1 fully saturated rings. The molecule has 0 radical (unpaired) electrons. The summed E-state index contributed by atoms with van der Waals surface area (Å²) in [4.78, 5) is 27.5. The van der Waals surface area contributed by atoms with Crippen LogP contribution < -0.4 is 10.2 Å². The third-order valence-corrected chi connectivity index (χ3v) is 4.27. The van der Waals surface area contributed by atoms with Gasteiger partial charge in [-0.15, -0.1) is 0 Å². The van der Waals surface area contributed by atoms with Gasteiger partial charge in [0.25, 0.3) is 5.91 Å². The highest BCUT2D eigenvalue weighted by molar-refractivity contribution is 6.04. The number of aryl methyl sites for hydroxylation is 1. The molecule has 1 aliphatic heterocycles. The Morgan fingerprint density at radius 2 is 2.12 bits per heavy atom. The Bertz CT molecular complexity index is 701. The van der Waals surface area contributed by atoms with Crippen LogP contribution in [-0.2, 0) is 6.42 Å². The van der Waals surface area contributed by atoms with Crippen LogP contribution in [0.4, 0.5) is 11.5 Å². The Kier molecular flexibility index (Phi) is 5.03. The molecule has 3 rings (SSSR count). The van der Waals surface area contributed by atoms with E-state index >= 15 is 0 Å². The van der Waals surface area contributed by atoms with Gasteiger partial charge in [0.05, 0.1) is 18.1 Å². The van der Waals surface area contributed by atoms with E-state index in [0.717, 1.165) is 31.2 Å². The third-order valence-electron chi connectivity index (χ3n) is 4.27. The zero-order valence-electron chi connectivity index (χ0n) is 14.2. The van der Waals surface area contributed by atoms with E-state index in [9.17, 15) is 4.79 Å². The topological polar surface area (TPSA) is 71.0 Å². The van der Waals surface area contributed by atoms with Gasteiger partial charge in [0.1, 0.15) is 11.6 Å². The number of amides is 1. The van der Waals surface area contributed by atoms with Crippen LogP contribution in [0.3, 0.4) is 0 Å². The molecule has 0 aliphatic carbocycles. The first kappa shape index (κ1) is 16.4. The van der Waals surface area contributed by atoms with Gasteiger partial charge in [-0.3, -0.25) is 4.79 Å². The maximum Gasteiger partial charge on any atom is 0.255 e. The van der Waals surface area contributed by atoms with Crippen molar-refractivity contribution in [2.75, 3.05) is 23.3 Å². The van der Waals surface area contributed by atoms with E-state index < -0.39 is 0 Å². The van der Waals surface area contributed by atoms with Gasteiger partial charge < -0.3 is 10.2 Å². The SMILES string of the molecule is CCc1ncc(NC(=O)c2ccnc(N3CCCC(C)C3)c2)cn1. The monoisotopic (exact) mass is 325 g/mol. The lowest BCUT2D eigenvalue weighted by atomic mass is 10.0. The molecule has 126 valence electrons. The summed E-state index contributed by atoms with van der Waals surface area (Å²) in [5.74, 6) is 2.12. The molecule has 1 aliphatic rings. The number of carbonyl (C=O) groups is 1. The minimum Gasteiger partial charge on any atom is -0.356 e. The van der Waals surface area contributed by atoms with Crippen molar-refractivity contribution in [2.24, 2.45) is 5.92 Å². The van der Waals surface area contributed by atoms with Crippen LogP contribution in [-0.4, -0.2) is 33.9 Å². The Labute approximate surface area is 142 Å². The highest BCUT2D eigenvalue weighted by atomic mass is 16.1. The molecule has 0 aromatic carbocycles. The molecule has 1 atom stereocenters. The second kappa shape index (κ2) is 7.38. The molecule has 24 heavy (non-hydrogen) atoms. The van der Waals surface area contributed by atoms with Gasteiger partial charge in [-0.05, 0) is 30.9 Å². The largest absolute Gasteiger partial charge is 0.356 e. The summed E-state index contributed by atoms with van der Waals surface area (Å²) in [5, 5.41) is 2.84. The van der Waals surface area contributed by atoms with E-state index in [-0.39, 0.29) is 5.91 Å². The summed E-state index contributed by atoms with van der Waals surface area (Å²) in [6.07, 6.45) is 8.16. The molecule has 0 bridgehead atoms. The van der Waals surface area contributed by atoms with Crippen LogP contribution in [0.2, 0.25) is 0 Å². The highest BCUT2D eigenvalue weighted by Crippen LogP contribution is 2.22. The maximum atomic E-state index is 12.5. The quantitative estimate of drug-likeness (QED) is 0.936. The Morgan fingerprint density at radius 1 is 1.33 bits per heavy atom. The second-order valence-electron chi connectivity index (χ2n) is 6.29. The molecule has 2 aromatic rings.